The van der Waals surface area contributed by atoms with Gasteiger partial charge in [-0.1, -0.05) is 41.4 Å². The number of amides is 1. The highest BCUT2D eigenvalue weighted by atomic mass is 35.5. The van der Waals surface area contributed by atoms with Crippen molar-refractivity contribution in [2.24, 2.45) is 0 Å². The second kappa shape index (κ2) is 9.45. The molecule has 0 aromatic heterocycles. The molecule has 29 heavy (non-hydrogen) atoms. The summed E-state index contributed by atoms with van der Waals surface area (Å²) in [5.74, 6) is 0.0166. The molecule has 0 aliphatic heterocycles. The second-order valence-electron chi connectivity index (χ2n) is 6.13. The van der Waals surface area contributed by atoms with Crippen LogP contribution in [0.2, 0.25) is 10.0 Å². The highest BCUT2D eigenvalue weighted by Crippen LogP contribution is 2.26. The number of rotatable bonds is 6. The summed E-state index contributed by atoms with van der Waals surface area (Å²) in [5.41, 5.74) is 1.71. The zero-order chi connectivity index (χ0) is 20.8. The Kier molecular flexibility index (Phi) is 6.75. The first-order valence-electron chi connectivity index (χ1n) is 8.68. The highest BCUT2D eigenvalue weighted by Gasteiger charge is 2.11. The third kappa shape index (κ3) is 5.73. The van der Waals surface area contributed by atoms with Crippen LogP contribution in [-0.4, -0.2) is 18.5 Å². The number of nitrogens with one attached hydrogen (secondary N) is 1. The Labute approximate surface area is 178 Å². The van der Waals surface area contributed by atoms with E-state index in [1.54, 1.807) is 36.4 Å². The van der Waals surface area contributed by atoms with Gasteiger partial charge in [0.1, 0.15) is 11.5 Å². The van der Waals surface area contributed by atoms with Gasteiger partial charge in [-0.2, -0.15) is 0 Å². The monoisotopic (exact) mass is 429 g/mol. The summed E-state index contributed by atoms with van der Waals surface area (Å²) < 4.78 is 10.7. The number of ether oxygens (including phenoxy) is 2. The number of carbonyl (C=O) groups is 2. The summed E-state index contributed by atoms with van der Waals surface area (Å²) in [5, 5.41) is 3.52. The van der Waals surface area contributed by atoms with Crippen LogP contribution < -0.4 is 14.8 Å². The van der Waals surface area contributed by atoms with Crippen molar-refractivity contribution >= 4 is 40.8 Å². The fourth-order valence-electron chi connectivity index (χ4n) is 2.48. The van der Waals surface area contributed by atoms with Gasteiger partial charge < -0.3 is 14.8 Å². The molecule has 7 heteroatoms. The molecule has 1 N–H and O–H groups in total. The third-order valence-electron chi connectivity index (χ3n) is 3.96. The molecule has 0 unspecified atom stereocenters. The van der Waals surface area contributed by atoms with Crippen LogP contribution in [0.3, 0.4) is 0 Å². The number of halogens is 2. The van der Waals surface area contributed by atoms with Crippen LogP contribution in [0.4, 0.5) is 5.69 Å². The number of aryl methyl sites for hydroxylation is 1. The van der Waals surface area contributed by atoms with Gasteiger partial charge in [0.15, 0.2) is 6.61 Å². The Bertz CT molecular complexity index is 1040. The van der Waals surface area contributed by atoms with E-state index in [0.29, 0.717) is 32.8 Å². The van der Waals surface area contributed by atoms with Crippen LogP contribution in [-0.2, 0) is 4.79 Å². The number of hydrogen-bond acceptors (Lipinski definition) is 4. The topological polar surface area (TPSA) is 64.6 Å². The van der Waals surface area contributed by atoms with E-state index in [4.69, 9.17) is 32.7 Å². The van der Waals surface area contributed by atoms with E-state index >= 15 is 0 Å². The van der Waals surface area contributed by atoms with Crippen LogP contribution in [0.5, 0.6) is 11.5 Å². The summed E-state index contributed by atoms with van der Waals surface area (Å²) in [7, 11) is 0. The minimum Gasteiger partial charge on any atom is -0.482 e. The van der Waals surface area contributed by atoms with Gasteiger partial charge >= 0.3 is 5.97 Å². The quantitative estimate of drug-likeness (QED) is 0.412. The Hall–Kier alpha value is -3.02. The average Bonchev–Trinajstić information content (AvgIpc) is 2.70. The Morgan fingerprint density at radius 3 is 2.41 bits per heavy atom. The van der Waals surface area contributed by atoms with Crippen molar-refractivity contribution < 1.29 is 19.1 Å². The van der Waals surface area contributed by atoms with Gasteiger partial charge in [0.25, 0.3) is 5.91 Å². The van der Waals surface area contributed by atoms with E-state index in [-0.39, 0.29) is 12.5 Å². The predicted octanol–water partition coefficient (Wildman–Crippen LogP) is 5.54. The molecule has 148 valence electrons. The molecule has 0 fully saturated rings. The van der Waals surface area contributed by atoms with E-state index in [0.717, 1.165) is 5.56 Å². The van der Waals surface area contributed by atoms with Gasteiger partial charge in [0.05, 0.1) is 10.7 Å². The molecule has 1 amide bonds. The standard InChI is InChI=1S/C22H17Cl2NO4/c1-14-4-2-3-5-20(14)28-13-21(26)29-17-9-6-15(7-10-17)22(27)25-19-12-16(23)8-11-18(19)24/h2-12H,13H2,1H3,(H,25,27). The van der Waals surface area contributed by atoms with E-state index in [9.17, 15) is 9.59 Å². The van der Waals surface area contributed by atoms with Crippen LogP contribution in [0.25, 0.3) is 0 Å². The highest BCUT2D eigenvalue weighted by molar-refractivity contribution is 6.35. The number of carbonyl (C=O) groups excluding carboxylic acids is 2. The molecule has 3 aromatic carbocycles. The summed E-state index contributed by atoms with van der Waals surface area (Å²) >= 11 is 12.0. The van der Waals surface area contributed by atoms with Crippen LogP contribution >= 0.6 is 23.2 Å². The SMILES string of the molecule is Cc1ccccc1OCC(=O)Oc1ccc(C(=O)Nc2cc(Cl)ccc2Cl)cc1. The minimum absolute atomic E-state index is 0.222. The maximum atomic E-state index is 12.4. The fourth-order valence-corrected chi connectivity index (χ4v) is 2.81. The molecule has 0 bridgehead atoms. The van der Waals surface area contributed by atoms with Crippen LogP contribution in [0.15, 0.2) is 66.7 Å². The van der Waals surface area contributed by atoms with Gasteiger partial charge in [-0.05, 0) is 61.0 Å². The Morgan fingerprint density at radius 1 is 0.966 bits per heavy atom. The molecule has 0 spiro atoms. The smallest absolute Gasteiger partial charge is 0.349 e. The summed E-state index contributed by atoms with van der Waals surface area (Å²) in [6.07, 6.45) is 0. The lowest BCUT2D eigenvalue weighted by Crippen LogP contribution is -2.18. The van der Waals surface area contributed by atoms with Gasteiger partial charge in [-0.15, -0.1) is 0 Å². The summed E-state index contributed by atoms with van der Waals surface area (Å²) in [4.78, 5) is 24.3. The molecule has 0 saturated heterocycles. The van der Waals surface area contributed by atoms with Crippen molar-refractivity contribution in [3.8, 4) is 11.5 Å². The molecule has 0 radical (unpaired) electrons. The fraction of sp³-hybridized carbons (Fsp3) is 0.0909. The maximum Gasteiger partial charge on any atom is 0.349 e. The zero-order valence-electron chi connectivity index (χ0n) is 15.4. The van der Waals surface area contributed by atoms with E-state index < -0.39 is 5.97 Å². The molecule has 0 saturated carbocycles. The lowest BCUT2D eigenvalue weighted by Gasteiger charge is -2.10. The number of esters is 1. The van der Waals surface area contributed by atoms with Gasteiger partial charge in [-0.25, -0.2) is 4.79 Å². The van der Waals surface area contributed by atoms with E-state index in [1.807, 2.05) is 25.1 Å². The van der Waals surface area contributed by atoms with Crippen molar-refractivity contribution in [1.82, 2.24) is 0 Å². The molecule has 0 atom stereocenters. The van der Waals surface area contributed by atoms with Crippen molar-refractivity contribution in [2.45, 2.75) is 6.92 Å². The number of benzene rings is 3. The minimum atomic E-state index is -0.545. The van der Waals surface area contributed by atoms with Gasteiger partial charge in [0, 0.05) is 10.6 Å². The van der Waals surface area contributed by atoms with E-state index in [2.05, 4.69) is 5.32 Å². The van der Waals surface area contributed by atoms with Crippen molar-refractivity contribution in [2.75, 3.05) is 11.9 Å². The zero-order valence-corrected chi connectivity index (χ0v) is 17.0. The first kappa shape index (κ1) is 20.7. The van der Waals surface area contributed by atoms with Crippen molar-refractivity contribution in [3.63, 3.8) is 0 Å². The average molecular weight is 430 g/mol. The van der Waals surface area contributed by atoms with Gasteiger partial charge in [0.2, 0.25) is 0 Å². The number of para-hydroxylation sites is 1. The van der Waals surface area contributed by atoms with Crippen LogP contribution in [0, 0.1) is 6.92 Å². The molecule has 0 aliphatic rings. The largest absolute Gasteiger partial charge is 0.482 e. The molecule has 0 heterocycles. The summed E-state index contributed by atoms with van der Waals surface area (Å²) in [6.45, 7) is 1.67. The van der Waals surface area contributed by atoms with Crippen molar-refractivity contribution in [1.29, 1.82) is 0 Å². The number of hydrogen-bond donors (Lipinski definition) is 1. The molecular weight excluding hydrogens is 413 g/mol. The van der Waals surface area contributed by atoms with Gasteiger partial charge in [-0.3, -0.25) is 4.79 Å². The first-order valence-corrected chi connectivity index (χ1v) is 9.43. The third-order valence-corrected chi connectivity index (χ3v) is 4.53. The molecule has 5 nitrogen and oxygen atoms in total. The lowest BCUT2D eigenvalue weighted by molar-refractivity contribution is -0.136. The molecule has 0 aliphatic carbocycles. The van der Waals surface area contributed by atoms with Crippen LogP contribution in [0.1, 0.15) is 15.9 Å². The second-order valence-corrected chi connectivity index (χ2v) is 6.97. The molecule has 3 rings (SSSR count). The Morgan fingerprint density at radius 2 is 1.69 bits per heavy atom. The first-order chi connectivity index (χ1) is 13.9. The number of anilines is 1. The summed E-state index contributed by atoms with van der Waals surface area (Å²) in [6, 6.07) is 18.3. The normalized spacial score (nSPS) is 10.3. The maximum absolute atomic E-state index is 12.4. The predicted molar refractivity (Wildman–Crippen MR) is 113 cm³/mol. The lowest BCUT2D eigenvalue weighted by atomic mass is 10.2. The van der Waals surface area contributed by atoms with E-state index in [1.165, 1.54) is 12.1 Å². The molecule has 3 aromatic rings. The Balaban J connectivity index is 1.56. The molecular formula is C22H17Cl2NO4. The van der Waals surface area contributed by atoms with Crippen molar-refractivity contribution in [3.05, 3.63) is 87.9 Å².